The molecule has 1 rings (SSSR count). The Morgan fingerprint density at radius 3 is 2.73 bits per heavy atom. The molecule has 1 fully saturated rings. The van der Waals surface area contributed by atoms with Gasteiger partial charge in [-0.1, -0.05) is 19.3 Å². The van der Waals surface area contributed by atoms with Crippen LogP contribution in [0.1, 0.15) is 32.1 Å². The van der Waals surface area contributed by atoms with Crippen molar-refractivity contribution in [3.05, 3.63) is 0 Å². The number of hydrogen-bond acceptors (Lipinski definition) is 3. The van der Waals surface area contributed by atoms with Crippen LogP contribution in [0.2, 0.25) is 0 Å². The second-order valence-electron chi connectivity index (χ2n) is 3.81. The Morgan fingerprint density at radius 1 is 1.40 bits per heavy atom. The van der Waals surface area contributed by atoms with Gasteiger partial charge in [-0.3, -0.25) is 9.59 Å². The number of carbonyl (C=O) groups is 2. The number of esters is 1. The van der Waals surface area contributed by atoms with Crippen molar-refractivity contribution in [2.24, 2.45) is 5.92 Å². The molecule has 1 heterocycles. The molecule has 5 heteroatoms. The fraction of sp³-hybridized carbons (Fsp3) is 0.800. The van der Waals surface area contributed by atoms with E-state index in [-0.39, 0.29) is 5.91 Å². The summed E-state index contributed by atoms with van der Waals surface area (Å²) in [6, 6.07) is 0. The Kier molecular flexibility index (Phi) is 5.03. The third-order valence-corrected chi connectivity index (χ3v) is 3.22. The Hall–Kier alpha value is -0.630. The normalized spacial score (nSPS) is 24.0. The number of carbonyl (C=O) groups excluding carboxylic acids is 2. The molecule has 0 aromatic rings. The fourth-order valence-electron chi connectivity index (χ4n) is 1.78. The zero-order valence-corrected chi connectivity index (χ0v) is 10.2. The summed E-state index contributed by atoms with van der Waals surface area (Å²) in [5, 5.41) is 0. The van der Waals surface area contributed by atoms with Gasteiger partial charge in [0.2, 0.25) is 5.91 Å². The Bertz CT molecular complexity index is 245. The molecule has 0 saturated carbocycles. The molecule has 0 aromatic carbocycles. The molecule has 2 unspecified atom stereocenters. The van der Waals surface area contributed by atoms with Crippen molar-refractivity contribution in [1.29, 1.82) is 0 Å². The van der Waals surface area contributed by atoms with Crippen LogP contribution in [-0.4, -0.2) is 30.2 Å². The van der Waals surface area contributed by atoms with Gasteiger partial charge in [0.15, 0.2) is 0 Å². The number of nitrogens with zero attached hydrogens (tertiary/aromatic N) is 1. The minimum Gasteiger partial charge on any atom is -0.468 e. The monoisotopic (exact) mass is 231 g/mol. The van der Waals surface area contributed by atoms with Crippen molar-refractivity contribution >= 4 is 21.3 Å². The summed E-state index contributed by atoms with van der Waals surface area (Å²) in [5.41, 5.74) is 0. The highest BCUT2D eigenvalue weighted by molar-refractivity contribution is 7.14. The summed E-state index contributed by atoms with van der Waals surface area (Å²) < 4.78 is 6.21. The maximum atomic E-state index is 11.9. The summed E-state index contributed by atoms with van der Waals surface area (Å²) in [7, 11) is 3.72. The first-order chi connectivity index (χ1) is 7.16. The van der Waals surface area contributed by atoms with Gasteiger partial charge in [0.1, 0.15) is 5.92 Å². The van der Waals surface area contributed by atoms with Gasteiger partial charge in [0, 0.05) is 6.54 Å². The van der Waals surface area contributed by atoms with Crippen molar-refractivity contribution < 1.29 is 14.3 Å². The highest BCUT2D eigenvalue weighted by Crippen LogP contribution is 2.20. The van der Waals surface area contributed by atoms with E-state index in [1.165, 1.54) is 7.11 Å². The van der Waals surface area contributed by atoms with Crippen LogP contribution in [0.4, 0.5) is 0 Å². The zero-order valence-electron chi connectivity index (χ0n) is 9.07. The van der Waals surface area contributed by atoms with Crippen molar-refractivity contribution in [2.75, 3.05) is 13.7 Å². The molecule has 0 bridgehead atoms. The van der Waals surface area contributed by atoms with E-state index in [1.54, 1.807) is 4.67 Å². The van der Waals surface area contributed by atoms with Gasteiger partial charge in [-0.05, 0) is 22.2 Å². The van der Waals surface area contributed by atoms with E-state index in [9.17, 15) is 9.59 Å². The molecule has 1 aliphatic heterocycles. The molecule has 1 aliphatic rings. The van der Waals surface area contributed by atoms with Crippen LogP contribution in [0.5, 0.6) is 0 Å². The van der Waals surface area contributed by atoms with Gasteiger partial charge in [0.05, 0.1) is 7.11 Å². The van der Waals surface area contributed by atoms with Gasteiger partial charge < -0.3 is 9.41 Å². The van der Waals surface area contributed by atoms with Crippen LogP contribution < -0.4 is 0 Å². The predicted octanol–water partition coefficient (Wildman–Crippen LogP) is 1.36. The Morgan fingerprint density at radius 2 is 2.07 bits per heavy atom. The van der Waals surface area contributed by atoms with E-state index in [2.05, 4.69) is 14.1 Å². The van der Waals surface area contributed by atoms with Crippen molar-refractivity contribution in [2.45, 2.75) is 32.1 Å². The lowest BCUT2D eigenvalue weighted by Gasteiger charge is -2.20. The molecule has 0 radical (unpaired) electrons. The molecule has 0 aliphatic carbocycles. The number of ether oxygens (including phenoxy) is 1. The molecule has 0 aromatic heterocycles. The smallest absolute Gasteiger partial charge is 0.318 e. The third kappa shape index (κ3) is 3.45. The summed E-state index contributed by atoms with van der Waals surface area (Å²) >= 11 is 0. The summed E-state index contributed by atoms with van der Waals surface area (Å²) in [4.78, 5) is 23.3. The number of rotatable bonds is 1. The van der Waals surface area contributed by atoms with Crippen LogP contribution >= 0.6 is 9.39 Å². The lowest BCUT2D eigenvalue weighted by molar-refractivity contribution is -0.152. The topological polar surface area (TPSA) is 46.6 Å². The van der Waals surface area contributed by atoms with Crippen LogP contribution in [0.25, 0.3) is 0 Å². The van der Waals surface area contributed by atoms with Gasteiger partial charge >= 0.3 is 5.97 Å². The summed E-state index contributed by atoms with van der Waals surface area (Å²) in [6.07, 6.45) is 4.73. The first-order valence-electron chi connectivity index (χ1n) is 5.30. The van der Waals surface area contributed by atoms with E-state index in [4.69, 9.17) is 0 Å². The lowest BCUT2D eigenvalue weighted by atomic mass is 10.0. The molecular weight excluding hydrogens is 213 g/mol. The van der Waals surface area contributed by atoms with Gasteiger partial charge in [-0.2, -0.15) is 0 Å². The minimum absolute atomic E-state index is 0.131. The molecule has 86 valence electrons. The molecule has 0 N–H and O–H groups in total. The third-order valence-electron chi connectivity index (χ3n) is 2.71. The van der Waals surface area contributed by atoms with Crippen LogP contribution in [0.3, 0.4) is 0 Å². The van der Waals surface area contributed by atoms with Crippen molar-refractivity contribution in [3.63, 3.8) is 0 Å². The highest BCUT2D eigenvalue weighted by Gasteiger charge is 2.30. The quantitative estimate of drug-likeness (QED) is 0.389. The molecule has 1 saturated heterocycles. The summed E-state index contributed by atoms with van der Waals surface area (Å²) in [5.74, 6) is -1.14. The largest absolute Gasteiger partial charge is 0.468 e. The second-order valence-corrected chi connectivity index (χ2v) is 4.43. The summed E-state index contributed by atoms with van der Waals surface area (Å²) in [6.45, 7) is 0.705. The number of amides is 1. The lowest BCUT2D eigenvalue weighted by Crippen LogP contribution is -2.34. The molecular formula is C10H18NO3P. The van der Waals surface area contributed by atoms with E-state index >= 15 is 0 Å². The molecule has 0 spiro atoms. The molecule has 1 amide bonds. The second kappa shape index (κ2) is 6.06. The SMILES string of the molecule is COC(=O)C1CCCCCCN(P)C1=O. The van der Waals surface area contributed by atoms with Gasteiger partial charge in [0.25, 0.3) is 0 Å². The molecule has 4 nitrogen and oxygen atoms in total. The first kappa shape index (κ1) is 12.4. The maximum Gasteiger partial charge on any atom is 0.318 e. The average Bonchev–Trinajstić information content (AvgIpc) is 2.32. The Balaban J connectivity index is 2.70. The van der Waals surface area contributed by atoms with E-state index in [1.807, 2.05) is 0 Å². The average molecular weight is 231 g/mol. The van der Waals surface area contributed by atoms with E-state index in [0.29, 0.717) is 13.0 Å². The zero-order chi connectivity index (χ0) is 11.3. The molecule has 2 atom stereocenters. The van der Waals surface area contributed by atoms with Crippen molar-refractivity contribution in [1.82, 2.24) is 4.67 Å². The van der Waals surface area contributed by atoms with E-state index < -0.39 is 11.9 Å². The number of hydrogen-bond donors (Lipinski definition) is 0. The Labute approximate surface area is 92.6 Å². The van der Waals surface area contributed by atoms with Crippen LogP contribution in [-0.2, 0) is 14.3 Å². The predicted molar refractivity (Wildman–Crippen MR) is 60.0 cm³/mol. The van der Waals surface area contributed by atoms with Crippen LogP contribution in [0.15, 0.2) is 0 Å². The highest BCUT2D eigenvalue weighted by atomic mass is 31.0. The van der Waals surface area contributed by atoms with Crippen molar-refractivity contribution in [3.8, 4) is 0 Å². The molecule has 15 heavy (non-hydrogen) atoms. The van der Waals surface area contributed by atoms with E-state index in [0.717, 1.165) is 25.7 Å². The van der Waals surface area contributed by atoms with Gasteiger partial charge in [-0.25, -0.2) is 0 Å². The maximum absolute atomic E-state index is 11.9. The number of methoxy groups -OCH3 is 1. The fourth-order valence-corrected chi connectivity index (χ4v) is 2.14. The van der Waals surface area contributed by atoms with Gasteiger partial charge in [-0.15, -0.1) is 0 Å². The van der Waals surface area contributed by atoms with Crippen LogP contribution in [0, 0.1) is 5.92 Å². The minimum atomic E-state index is -0.606. The standard InChI is InChI=1S/C10H18NO3P/c1-14-10(13)8-6-4-2-3-5-7-11(15)9(8)12/h8H,2-7,15H2,1H3. The first-order valence-corrected chi connectivity index (χ1v) is 5.82.